The number of phenolic OH excluding ortho intramolecular Hbond substituents is 4. The molecule has 0 saturated heterocycles. The minimum atomic E-state index is -0.156. The molecule has 3 rings (SSSR count). The smallest absolute Gasteiger partial charge is 0.229 e. The molecule has 4 N–H and O–H groups in total. The van der Waals surface area contributed by atoms with E-state index in [2.05, 4.69) is 33.7 Å². The lowest BCUT2D eigenvalue weighted by atomic mass is 10.1. The Morgan fingerprint density at radius 1 is 0.636 bits per heavy atom. The first kappa shape index (κ1) is 24.1. The van der Waals surface area contributed by atoms with Gasteiger partial charge < -0.3 is 25.3 Å². The van der Waals surface area contributed by atoms with Crippen LogP contribution in [0.25, 0.3) is 22.8 Å². The van der Waals surface area contributed by atoms with Gasteiger partial charge in [-0.05, 0) is 37.1 Å². The normalized spacial score (nSPS) is 11.0. The van der Waals surface area contributed by atoms with Gasteiger partial charge in [0.05, 0.1) is 11.1 Å². The van der Waals surface area contributed by atoms with Gasteiger partial charge in [-0.1, -0.05) is 39.5 Å². The highest BCUT2D eigenvalue weighted by Gasteiger charge is 2.19. The van der Waals surface area contributed by atoms with Crippen LogP contribution in [-0.4, -0.2) is 48.5 Å². The maximum Gasteiger partial charge on any atom is 0.229 e. The van der Waals surface area contributed by atoms with Gasteiger partial charge in [-0.3, -0.25) is 0 Å². The van der Waals surface area contributed by atoms with E-state index in [4.69, 9.17) is 0 Å². The van der Waals surface area contributed by atoms with Crippen LogP contribution in [0.15, 0.2) is 36.4 Å². The third-order valence-electron chi connectivity index (χ3n) is 5.41. The molecule has 0 bridgehead atoms. The predicted molar refractivity (Wildman–Crippen MR) is 129 cm³/mol. The van der Waals surface area contributed by atoms with Crippen molar-refractivity contribution in [1.82, 2.24) is 15.0 Å². The molecule has 176 valence electrons. The van der Waals surface area contributed by atoms with Crippen LogP contribution in [0.4, 0.5) is 5.95 Å². The molecule has 0 unspecified atom stereocenters. The van der Waals surface area contributed by atoms with Crippen molar-refractivity contribution in [3.05, 3.63) is 36.4 Å². The van der Waals surface area contributed by atoms with Gasteiger partial charge in [0.25, 0.3) is 0 Å². The van der Waals surface area contributed by atoms with Crippen molar-refractivity contribution in [2.75, 3.05) is 18.0 Å². The number of anilines is 1. The fourth-order valence-corrected chi connectivity index (χ4v) is 3.58. The molecule has 0 aliphatic rings. The summed E-state index contributed by atoms with van der Waals surface area (Å²) in [6.07, 6.45) is 6.36. The number of hydrogen-bond donors (Lipinski definition) is 4. The summed E-state index contributed by atoms with van der Waals surface area (Å²) in [4.78, 5) is 15.9. The number of aromatic nitrogens is 3. The van der Waals surface area contributed by atoms with Crippen LogP contribution in [0, 0.1) is 0 Å². The standard InChI is InChI=1S/C25H32N4O4/c1-3-5-7-13-29(14-8-6-4-2)25-27-23(19-11-9-17(30)15-21(19)32)26-24(28-25)20-12-10-18(31)16-22(20)33/h9-12,15-16,30-33H,3-8,13-14H2,1-2H3. The summed E-state index contributed by atoms with van der Waals surface area (Å²) in [5, 5.41) is 40.2. The SMILES string of the molecule is CCCCCN(CCCCC)c1nc(-c2ccc(O)cc2O)nc(-c2ccc(O)cc2O)n1. The fourth-order valence-electron chi connectivity index (χ4n) is 3.58. The molecule has 2 aromatic carbocycles. The van der Waals surface area contributed by atoms with E-state index in [-0.39, 0.29) is 34.6 Å². The van der Waals surface area contributed by atoms with E-state index < -0.39 is 0 Å². The molecular formula is C25H32N4O4. The molecule has 8 heteroatoms. The van der Waals surface area contributed by atoms with Crippen molar-refractivity contribution >= 4 is 5.95 Å². The van der Waals surface area contributed by atoms with Gasteiger partial charge in [0.15, 0.2) is 11.6 Å². The number of rotatable bonds is 11. The zero-order valence-corrected chi connectivity index (χ0v) is 19.2. The molecule has 33 heavy (non-hydrogen) atoms. The molecule has 0 atom stereocenters. The van der Waals surface area contributed by atoms with E-state index in [9.17, 15) is 20.4 Å². The second-order valence-corrected chi connectivity index (χ2v) is 8.09. The lowest BCUT2D eigenvalue weighted by Gasteiger charge is -2.23. The number of hydrogen-bond acceptors (Lipinski definition) is 8. The van der Waals surface area contributed by atoms with E-state index in [1.165, 1.54) is 24.3 Å². The van der Waals surface area contributed by atoms with E-state index in [0.29, 0.717) is 17.1 Å². The largest absolute Gasteiger partial charge is 0.508 e. The monoisotopic (exact) mass is 452 g/mol. The number of benzene rings is 2. The Kier molecular flexibility index (Phi) is 8.29. The first-order valence-electron chi connectivity index (χ1n) is 11.5. The van der Waals surface area contributed by atoms with Crippen molar-refractivity contribution in [3.63, 3.8) is 0 Å². The lowest BCUT2D eigenvalue weighted by molar-refractivity contribution is 0.451. The number of unbranched alkanes of at least 4 members (excludes halogenated alkanes) is 4. The highest BCUT2D eigenvalue weighted by molar-refractivity contribution is 5.71. The van der Waals surface area contributed by atoms with Crippen molar-refractivity contribution < 1.29 is 20.4 Å². The molecule has 0 amide bonds. The number of nitrogens with zero attached hydrogens (tertiary/aromatic N) is 4. The zero-order chi connectivity index (χ0) is 23.8. The van der Waals surface area contributed by atoms with Crippen LogP contribution in [-0.2, 0) is 0 Å². The zero-order valence-electron chi connectivity index (χ0n) is 19.2. The Morgan fingerprint density at radius 2 is 1.09 bits per heavy atom. The molecular weight excluding hydrogens is 420 g/mol. The molecule has 0 aliphatic carbocycles. The fraction of sp³-hybridized carbons (Fsp3) is 0.400. The Hall–Kier alpha value is -3.55. The quantitative estimate of drug-likeness (QED) is 0.292. The average Bonchev–Trinajstić information content (AvgIpc) is 2.78. The summed E-state index contributed by atoms with van der Waals surface area (Å²) in [5.41, 5.74) is 0.691. The van der Waals surface area contributed by atoms with E-state index in [1.54, 1.807) is 12.1 Å². The van der Waals surface area contributed by atoms with Crippen LogP contribution in [0.3, 0.4) is 0 Å². The minimum absolute atomic E-state index is 0.0670. The van der Waals surface area contributed by atoms with E-state index >= 15 is 0 Å². The summed E-state index contributed by atoms with van der Waals surface area (Å²) < 4.78 is 0. The number of phenols is 4. The Balaban J connectivity index is 2.12. The van der Waals surface area contributed by atoms with Gasteiger partial charge in [0.2, 0.25) is 5.95 Å². The molecule has 0 saturated carbocycles. The molecule has 0 radical (unpaired) electrons. The van der Waals surface area contributed by atoms with Gasteiger partial charge >= 0.3 is 0 Å². The third-order valence-corrected chi connectivity index (χ3v) is 5.41. The van der Waals surface area contributed by atoms with Gasteiger partial charge in [0, 0.05) is 25.2 Å². The van der Waals surface area contributed by atoms with Crippen LogP contribution in [0.2, 0.25) is 0 Å². The Morgan fingerprint density at radius 3 is 1.48 bits per heavy atom. The molecule has 8 nitrogen and oxygen atoms in total. The van der Waals surface area contributed by atoms with Crippen molar-refractivity contribution in [2.24, 2.45) is 0 Å². The summed E-state index contributed by atoms with van der Waals surface area (Å²) in [7, 11) is 0. The van der Waals surface area contributed by atoms with Gasteiger partial charge in [0.1, 0.15) is 23.0 Å². The van der Waals surface area contributed by atoms with Crippen LogP contribution in [0.5, 0.6) is 23.0 Å². The van der Waals surface area contributed by atoms with Crippen LogP contribution in [0.1, 0.15) is 52.4 Å². The van der Waals surface area contributed by atoms with Gasteiger partial charge in [-0.15, -0.1) is 0 Å². The van der Waals surface area contributed by atoms with Crippen LogP contribution < -0.4 is 4.90 Å². The van der Waals surface area contributed by atoms with Crippen molar-refractivity contribution in [1.29, 1.82) is 0 Å². The molecule has 0 aliphatic heterocycles. The first-order chi connectivity index (χ1) is 15.9. The maximum absolute atomic E-state index is 10.4. The molecule has 1 aromatic heterocycles. The maximum atomic E-state index is 10.4. The Bertz CT molecular complexity index is 995. The second-order valence-electron chi connectivity index (χ2n) is 8.09. The molecule has 0 spiro atoms. The highest BCUT2D eigenvalue weighted by Crippen LogP contribution is 2.34. The topological polar surface area (TPSA) is 123 Å². The van der Waals surface area contributed by atoms with Gasteiger partial charge in [-0.25, -0.2) is 4.98 Å². The van der Waals surface area contributed by atoms with Crippen molar-refractivity contribution in [3.8, 4) is 45.8 Å². The second kappa shape index (κ2) is 11.4. The molecule has 1 heterocycles. The Labute approximate surface area is 194 Å². The van der Waals surface area contributed by atoms with Gasteiger partial charge in [-0.2, -0.15) is 9.97 Å². The van der Waals surface area contributed by atoms with E-state index in [0.717, 1.165) is 51.6 Å². The summed E-state index contributed by atoms with van der Waals surface area (Å²) in [6.45, 7) is 5.87. The first-order valence-corrected chi connectivity index (χ1v) is 11.5. The van der Waals surface area contributed by atoms with E-state index in [1.807, 2.05) is 0 Å². The summed E-state index contributed by atoms with van der Waals surface area (Å²) >= 11 is 0. The lowest BCUT2D eigenvalue weighted by Crippen LogP contribution is -2.28. The average molecular weight is 453 g/mol. The predicted octanol–water partition coefficient (Wildman–Crippen LogP) is 5.21. The molecule has 3 aromatic rings. The summed E-state index contributed by atoms with van der Waals surface area (Å²) in [6, 6.07) is 8.46. The third kappa shape index (κ3) is 6.25. The number of aromatic hydroxyl groups is 4. The molecule has 0 fully saturated rings. The highest BCUT2D eigenvalue weighted by atomic mass is 16.3. The van der Waals surface area contributed by atoms with Crippen LogP contribution >= 0.6 is 0 Å². The minimum Gasteiger partial charge on any atom is -0.508 e. The summed E-state index contributed by atoms with van der Waals surface area (Å²) in [5.74, 6) is 0.479. The van der Waals surface area contributed by atoms with Crippen molar-refractivity contribution in [2.45, 2.75) is 52.4 Å².